The molecule has 0 aromatic heterocycles. The number of benzene rings is 1. The third-order valence-corrected chi connectivity index (χ3v) is 3.83. The lowest BCUT2D eigenvalue weighted by Crippen LogP contribution is -2.41. The third-order valence-electron chi connectivity index (χ3n) is 3.83. The van der Waals surface area contributed by atoms with Gasteiger partial charge in [0.25, 0.3) is 0 Å². The molecule has 118 valence electrons. The summed E-state index contributed by atoms with van der Waals surface area (Å²) in [5, 5.41) is 6.06. The van der Waals surface area contributed by atoms with Crippen LogP contribution < -0.4 is 10.6 Å². The fourth-order valence-electron chi connectivity index (χ4n) is 2.35. The number of nitrogens with zero attached hydrogens (tertiary/aromatic N) is 1. The number of guanidine groups is 1. The molecule has 1 aromatic carbocycles. The number of nitrogens with one attached hydrogen (secondary N) is 2. The highest BCUT2D eigenvalue weighted by molar-refractivity contribution is 5.80. The first kappa shape index (κ1) is 16.2. The maximum Gasteiger partial charge on any atom is 0.416 e. The van der Waals surface area contributed by atoms with Gasteiger partial charge in [0, 0.05) is 19.0 Å². The minimum atomic E-state index is -4.32. The summed E-state index contributed by atoms with van der Waals surface area (Å²) < 4.78 is 38.5. The van der Waals surface area contributed by atoms with Crippen LogP contribution in [0.1, 0.15) is 24.0 Å². The molecule has 0 saturated heterocycles. The molecule has 0 aliphatic heterocycles. The van der Waals surface area contributed by atoms with Gasteiger partial charge in [0.15, 0.2) is 5.96 Å². The van der Waals surface area contributed by atoms with Crippen molar-refractivity contribution in [3.8, 4) is 12.3 Å². The van der Waals surface area contributed by atoms with Crippen LogP contribution in [0.4, 0.5) is 13.2 Å². The summed E-state index contributed by atoms with van der Waals surface area (Å²) in [6, 6.07) is 5.55. The molecule has 2 N–H and O–H groups in total. The van der Waals surface area contributed by atoms with Crippen molar-refractivity contribution in [1.29, 1.82) is 0 Å². The van der Waals surface area contributed by atoms with Gasteiger partial charge in [-0.2, -0.15) is 13.2 Å². The molecule has 0 atom stereocenters. The zero-order valence-electron chi connectivity index (χ0n) is 12.3. The zero-order chi connectivity index (χ0) is 16.2. The summed E-state index contributed by atoms with van der Waals surface area (Å²) in [5.41, 5.74) is -0.150. The molecule has 1 aromatic rings. The Bertz CT molecular complexity index is 595. The Balaban J connectivity index is 2.07. The first-order valence-corrected chi connectivity index (χ1v) is 6.97. The highest BCUT2D eigenvalue weighted by Gasteiger charge is 2.45. The molecule has 1 saturated carbocycles. The van der Waals surface area contributed by atoms with Crippen molar-refractivity contribution >= 4 is 5.96 Å². The van der Waals surface area contributed by atoms with Gasteiger partial charge >= 0.3 is 6.18 Å². The summed E-state index contributed by atoms with van der Waals surface area (Å²) in [5.74, 6) is 3.00. The van der Waals surface area contributed by atoms with E-state index in [2.05, 4.69) is 21.5 Å². The Morgan fingerprint density at radius 1 is 1.36 bits per heavy atom. The molecule has 0 amide bonds. The van der Waals surface area contributed by atoms with Gasteiger partial charge in [-0.1, -0.05) is 24.1 Å². The minimum absolute atomic E-state index is 0.255. The molecular formula is C16H18F3N3. The summed E-state index contributed by atoms with van der Waals surface area (Å²) in [7, 11) is 1.62. The van der Waals surface area contributed by atoms with Crippen LogP contribution in [0.2, 0.25) is 0 Å². The predicted octanol–water partition coefficient (Wildman–Crippen LogP) is 2.54. The van der Waals surface area contributed by atoms with Crippen LogP contribution in [-0.4, -0.2) is 26.1 Å². The fourth-order valence-corrected chi connectivity index (χ4v) is 2.35. The Kier molecular flexibility index (Phi) is 4.65. The van der Waals surface area contributed by atoms with Gasteiger partial charge in [-0.05, 0) is 24.5 Å². The van der Waals surface area contributed by atoms with E-state index >= 15 is 0 Å². The quantitative estimate of drug-likeness (QED) is 0.509. The molecule has 1 aliphatic rings. The van der Waals surface area contributed by atoms with E-state index in [-0.39, 0.29) is 5.41 Å². The van der Waals surface area contributed by atoms with Crippen molar-refractivity contribution in [2.24, 2.45) is 4.99 Å². The molecule has 1 fully saturated rings. The molecule has 0 bridgehead atoms. The van der Waals surface area contributed by atoms with Gasteiger partial charge in [0.05, 0.1) is 12.1 Å². The smallest absolute Gasteiger partial charge is 0.355 e. The maximum atomic E-state index is 12.8. The maximum absolute atomic E-state index is 12.8. The molecular weight excluding hydrogens is 291 g/mol. The number of hydrogen-bond acceptors (Lipinski definition) is 1. The number of aliphatic imine (C=N–C) groups is 1. The molecule has 0 spiro atoms. The average molecular weight is 309 g/mol. The second kappa shape index (κ2) is 6.30. The van der Waals surface area contributed by atoms with E-state index in [4.69, 9.17) is 6.42 Å². The molecule has 0 unspecified atom stereocenters. The Hall–Kier alpha value is -2.16. The minimum Gasteiger partial charge on any atom is -0.355 e. The second-order valence-electron chi connectivity index (χ2n) is 5.34. The van der Waals surface area contributed by atoms with Crippen LogP contribution in [0, 0.1) is 12.3 Å². The van der Waals surface area contributed by atoms with Crippen LogP contribution in [0.5, 0.6) is 0 Å². The second-order valence-corrected chi connectivity index (χ2v) is 5.34. The van der Waals surface area contributed by atoms with Gasteiger partial charge in [0.1, 0.15) is 0 Å². The van der Waals surface area contributed by atoms with Crippen molar-refractivity contribution in [2.45, 2.75) is 24.4 Å². The van der Waals surface area contributed by atoms with Gasteiger partial charge in [-0.15, -0.1) is 6.42 Å². The van der Waals surface area contributed by atoms with Gasteiger partial charge in [-0.25, -0.2) is 0 Å². The van der Waals surface area contributed by atoms with Crippen molar-refractivity contribution in [3.63, 3.8) is 0 Å². The topological polar surface area (TPSA) is 36.4 Å². The summed E-state index contributed by atoms with van der Waals surface area (Å²) >= 11 is 0. The van der Waals surface area contributed by atoms with Gasteiger partial charge in [-0.3, -0.25) is 4.99 Å². The van der Waals surface area contributed by atoms with E-state index in [9.17, 15) is 13.2 Å². The number of terminal acetylenes is 1. The van der Waals surface area contributed by atoms with E-state index in [1.807, 2.05) is 0 Å². The Morgan fingerprint density at radius 3 is 2.64 bits per heavy atom. The molecule has 6 heteroatoms. The van der Waals surface area contributed by atoms with Crippen LogP contribution in [0.3, 0.4) is 0 Å². The van der Waals surface area contributed by atoms with Crippen LogP contribution in [0.25, 0.3) is 0 Å². The molecule has 22 heavy (non-hydrogen) atoms. The monoisotopic (exact) mass is 309 g/mol. The van der Waals surface area contributed by atoms with E-state index in [0.717, 1.165) is 18.9 Å². The van der Waals surface area contributed by atoms with E-state index in [1.165, 1.54) is 12.1 Å². The zero-order valence-corrected chi connectivity index (χ0v) is 12.3. The number of hydrogen-bond donors (Lipinski definition) is 2. The lowest BCUT2D eigenvalue weighted by Gasteiger charge is -2.19. The highest BCUT2D eigenvalue weighted by atomic mass is 19.4. The van der Waals surface area contributed by atoms with E-state index < -0.39 is 11.7 Å². The molecule has 0 heterocycles. The lowest BCUT2D eigenvalue weighted by atomic mass is 9.94. The van der Waals surface area contributed by atoms with Crippen LogP contribution in [0.15, 0.2) is 29.3 Å². The standard InChI is InChI=1S/C16H18F3N3/c1-3-9-21-14(20-2)22-11-15(7-8-15)12-5-4-6-13(10-12)16(17,18)19/h1,4-6,10H,7-9,11H2,2H3,(H2,20,21,22). The molecule has 3 nitrogen and oxygen atoms in total. The lowest BCUT2D eigenvalue weighted by molar-refractivity contribution is -0.137. The van der Waals surface area contributed by atoms with Crippen molar-refractivity contribution < 1.29 is 13.2 Å². The van der Waals surface area contributed by atoms with Crippen LogP contribution in [-0.2, 0) is 11.6 Å². The van der Waals surface area contributed by atoms with Crippen molar-refractivity contribution in [2.75, 3.05) is 20.1 Å². The third kappa shape index (κ3) is 3.73. The molecule has 2 rings (SSSR count). The predicted molar refractivity (Wildman–Crippen MR) is 80.6 cm³/mol. The van der Waals surface area contributed by atoms with E-state index in [0.29, 0.717) is 24.6 Å². The SMILES string of the molecule is C#CCNC(=NC)NCC1(c2cccc(C(F)(F)F)c2)CC1. The first-order valence-electron chi connectivity index (χ1n) is 6.97. The summed E-state index contributed by atoms with van der Waals surface area (Å²) in [6.07, 6.45) is 2.57. The molecule has 0 radical (unpaired) electrons. The normalized spacial score (nSPS) is 16.8. The van der Waals surface area contributed by atoms with Gasteiger partial charge in [0.2, 0.25) is 0 Å². The number of halogens is 3. The molecule has 1 aliphatic carbocycles. The Morgan fingerprint density at radius 2 is 2.09 bits per heavy atom. The van der Waals surface area contributed by atoms with Crippen LogP contribution >= 0.6 is 0 Å². The van der Waals surface area contributed by atoms with Crippen molar-refractivity contribution in [1.82, 2.24) is 10.6 Å². The number of alkyl halides is 3. The van der Waals surface area contributed by atoms with Gasteiger partial charge < -0.3 is 10.6 Å². The van der Waals surface area contributed by atoms with E-state index in [1.54, 1.807) is 13.1 Å². The van der Waals surface area contributed by atoms with Crippen molar-refractivity contribution in [3.05, 3.63) is 35.4 Å². The summed E-state index contributed by atoms with van der Waals surface area (Å²) in [4.78, 5) is 4.03. The Labute approximate surface area is 128 Å². The fraction of sp³-hybridized carbons (Fsp3) is 0.438. The highest BCUT2D eigenvalue weighted by Crippen LogP contribution is 2.48. The first-order chi connectivity index (χ1) is 10.4. The largest absolute Gasteiger partial charge is 0.416 e. The number of rotatable bonds is 4. The summed E-state index contributed by atoms with van der Waals surface area (Å²) in [6.45, 7) is 0.870. The average Bonchev–Trinajstić information content (AvgIpc) is 3.28.